The lowest BCUT2D eigenvalue weighted by atomic mass is 10.0. The number of hydrogen-bond donors (Lipinski definition) is 3. The minimum atomic E-state index is -0.525. The first-order chi connectivity index (χ1) is 13.9. The molecule has 3 amide bonds. The third-order valence-electron chi connectivity index (χ3n) is 5.26. The van der Waals surface area contributed by atoms with Gasteiger partial charge in [0.2, 0.25) is 5.91 Å². The van der Waals surface area contributed by atoms with Gasteiger partial charge in [0.05, 0.1) is 13.2 Å². The molecule has 3 N–H and O–H groups in total. The van der Waals surface area contributed by atoms with Crippen LogP contribution in [0, 0.1) is 19.8 Å². The maximum atomic E-state index is 12.5. The van der Waals surface area contributed by atoms with Crippen LogP contribution in [0.15, 0.2) is 42.5 Å². The van der Waals surface area contributed by atoms with E-state index in [2.05, 4.69) is 16.0 Å². The Morgan fingerprint density at radius 2 is 1.76 bits per heavy atom. The molecule has 2 aromatic rings. The molecule has 0 radical (unpaired) electrons. The molecule has 0 saturated heterocycles. The molecule has 2 aromatic carbocycles. The number of amides is 3. The maximum absolute atomic E-state index is 12.5. The molecule has 2 unspecified atom stereocenters. The normalized spacial score (nSPS) is 15.3. The highest BCUT2D eigenvalue weighted by atomic mass is 16.5. The molecule has 2 atom stereocenters. The molecule has 3 rings (SSSR count). The topological polar surface area (TPSA) is 79.5 Å². The van der Waals surface area contributed by atoms with Crippen LogP contribution in [0.25, 0.3) is 0 Å². The molecule has 154 valence electrons. The summed E-state index contributed by atoms with van der Waals surface area (Å²) >= 11 is 0. The molecule has 29 heavy (non-hydrogen) atoms. The van der Waals surface area contributed by atoms with Crippen molar-refractivity contribution in [3.63, 3.8) is 0 Å². The predicted octanol–water partition coefficient (Wildman–Crippen LogP) is 4.09. The van der Waals surface area contributed by atoms with E-state index in [-0.39, 0.29) is 11.9 Å². The highest BCUT2D eigenvalue weighted by molar-refractivity contribution is 6.03. The highest BCUT2D eigenvalue weighted by Crippen LogP contribution is 2.41. The van der Waals surface area contributed by atoms with Crippen LogP contribution in [0.1, 0.15) is 42.5 Å². The fraction of sp³-hybridized carbons (Fsp3) is 0.391. The fourth-order valence-electron chi connectivity index (χ4n) is 3.42. The first-order valence-corrected chi connectivity index (χ1v) is 9.96. The van der Waals surface area contributed by atoms with Gasteiger partial charge in [-0.05, 0) is 68.9 Å². The zero-order chi connectivity index (χ0) is 21.0. The van der Waals surface area contributed by atoms with Crippen LogP contribution in [-0.4, -0.2) is 25.1 Å². The van der Waals surface area contributed by atoms with Gasteiger partial charge in [-0.2, -0.15) is 0 Å². The molecular weight excluding hydrogens is 366 g/mol. The monoisotopic (exact) mass is 395 g/mol. The standard InChI is InChI=1S/C23H29N3O3/c1-14-5-12-20(15(2)13-14)25-23(28)26-22(27)16(3)24-21(17-6-7-17)18-8-10-19(29-4)11-9-18/h5,8-13,16-17,21,24H,6-7H2,1-4H3,(H2,25,26,27,28). The third-order valence-corrected chi connectivity index (χ3v) is 5.26. The van der Waals surface area contributed by atoms with Crippen molar-refractivity contribution >= 4 is 17.6 Å². The number of nitrogens with one attached hydrogen (secondary N) is 3. The molecule has 6 nitrogen and oxygen atoms in total. The lowest BCUT2D eigenvalue weighted by Gasteiger charge is -2.23. The van der Waals surface area contributed by atoms with Crippen molar-refractivity contribution in [2.24, 2.45) is 5.92 Å². The average Bonchev–Trinajstić information content (AvgIpc) is 3.53. The Balaban J connectivity index is 1.58. The second kappa shape index (κ2) is 9.09. The Labute approximate surface area is 172 Å². The van der Waals surface area contributed by atoms with Crippen LogP contribution in [0.4, 0.5) is 10.5 Å². The molecule has 0 spiro atoms. The first-order valence-electron chi connectivity index (χ1n) is 9.96. The summed E-state index contributed by atoms with van der Waals surface area (Å²) in [7, 11) is 1.64. The van der Waals surface area contributed by atoms with Crippen LogP contribution in [0.2, 0.25) is 0 Å². The van der Waals surface area contributed by atoms with Crippen molar-refractivity contribution in [1.29, 1.82) is 0 Å². The van der Waals surface area contributed by atoms with Crippen LogP contribution < -0.4 is 20.7 Å². The Bertz CT molecular complexity index is 875. The minimum Gasteiger partial charge on any atom is -0.497 e. The van der Waals surface area contributed by atoms with Crippen molar-refractivity contribution < 1.29 is 14.3 Å². The van der Waals surface area contributed by atoms with Gasteiger partial charge in [0.25, 0.3) is 0 Å². The van der Waals surface area contributed by atoms with E-state index in [4.69, 9.17) is 4.74 Å². The predicted molar refractivity (Wildman–Crippen MR) is 114 cm³/mol. The number of carbonyl (C=O) groups excluding carboxylic acids is 2. The summed E-state index contributed by atoms with van der Waals surface area (Å²) < 4.78 is 5.22. The Kier molecular flexibility index (Phi) is 6.54. The van der Waals surface area contributed by atoms with Crippen LogP contribution in [-0.2, 0) is 4.79 Å². The molecule has 1 saturated carbocycles. The number of carbonyl (C=O) groups is 2. The van der Waals surface area contributed by atoms with Crippen LogP contribution >= 0.6 is 0 Å². The van der Waals surface area contributed by atoms with Gasteiger partial charge in [-0.1, -0.05) is 29.8 Å². The summed E-state index contributed by atoms with van der Waals surface area (Å²) in [5, 5.41) is 8.56. The average molecular weight is 396 g/mol. The smallest absolute Gasteiger partial charge is 0.325 e. The number of urea groups is 1. The van der Waals surface area contributed by atoms with Crippen molar-refractivity contribution in [2.75, 3.05) is 12.4 Å². The molecule has 0 bridgehead atoms. The van der Waals surface area contributed by atoms with Gasteiger partial charge in [-0.25, -0.2) is 4.79 Å². The zero-order valence-electron chi connectivity index (χ0n) is 17.4. The van der Waals surface area contributed by atoms with Gasteiger partial charge in [0, 0.05) is 11.7 Å². The van der Waals surface area contributed by atoms with Gasteiger partial charge >= 0.3 is 6.03 Å². The number of aryl methyl sites for hydroxylation is 2. The van der Waals surface area contributed by atoms with Gasteiger partial charge in [0.15, 0.2) is 0 Å². The summed E-state index contributed by atoms with van der Waals surface area (Å²) in [5.41, 5.74) is 3.88. The van der Waals surface area contributed by atoms with Crippen molar-refractivity contribution in [1.82, 2.24) is 10.6 Å². The molecule has 1 fully saturated rings. The van der Waals surface area contributed by atoms with E-state index >= 15 is 0 Å². The second-order valence-electron chi connectivity index (χ2n) is 7.74. The Morgan fingerprint density at radius 3 is 2.34 bits per heavy atom. The number of benzene rings is 2. The molecule has 0 aliphatic heterocycles. The summed E-state index contributed by atoms with van der Waals surface area (Å²) in [5.74, 6) is 0.950. The van der Waals surface area contributed by atoms with E-state index in [0.717, 1.165) is 35.3 Å². The molecule has 1 aliphatic rings. The molecule has 0 aromatic heterocycles. The molecular formula is C23H29N3O3. The zero-order valence-corrected chi connectivity index (χ0v) is 17.4. The largest absolute Gasteiger partial charge is 0.497 e. The number of ether oxygens (including phenoxy) is 1. The molecule has 1 aliphatic carbocycles. The third kappa shape index (κ3) is 5.57. The van der Waals surface area contributed by atoms with E-state index in [9.17, 15) is 9.59 Å². The highest BCUT2D eigenvalue weighted by Gasteiger charge is 2.34. The summed E-state index contributed by atoms with van der Waals surface area (Å²) in [6.45, 7) is 5.69. The first kappa shape index (κ1) is 20.9. The van der Waals surface area contributed by atoms with Gasteiger partial charge in [-0.15, -0.1) is 0 Å². The van der Waals surface area contributed by atoms with Gasteiger partial charge in [0.1, 0.15) is 5.75 Å². The molecule has 6 heteroatoms. The van der Waals surface area contributed by atoms with Crippen molar-refractivity contribution in [3.05, 3.63) is 59.2 Å². The fourth-order valence-corrected chi connectivity index (χ4v) is 3.42. The number of imide groups is 1. The SMILES string of the molecule is COc1ccc(C(NC(C)C(=O)NC(=O)Nc2ccc(C)cc2C)C2CC2)cc1. The van der Waals surface area contributed by atoms with Gasteiger partial charge in [-0.3, -0.25) is 15.4 Å². The van der Waals surface area contributed by atoms with Crippen LogP contribution in [0.3, 0.4) is 0 Å². The van der Waals surface area contributed by atoms with E-state index in [1.54, 1.807) is 14.0 Å². The molecule has 0 heterocycles. The number of methoxy groups -OCH3 is 1. The Hall–Kier alpha value is -2.86. The second-order valence-corrected chi connectivity index (χ2v) is 7.74. The van der Waals surface area contributed by atoms with E-state index < -0.39 is 12.1 Å². The number of rotatable bonds is 7. The van der Waals surface area contributed by atoms with Crippen molar-refractivity contribution in [3.8, 4) is 5.75 Å². The van der Waals surface area contributed by atoms with E-state index in [1.807, 2.05) is 56.3 Å². The quantitative estimate of drug-likeness (QED) is 0.660. The van der Waals surface area contributed by atoms with E-state index in [0.29, 0.717) is 11.6 Å². The maximum Gasteiger partial charge on any atom is 0.325 e. The lowest BCUT2D eigenvalue weighted by Crippen LogP contribution is -2.47. The summed E-state index contributed by atoms with van der Waals surface area (Å²) in [4.78, 5) is 24.8. The van der Waals surface area contributed by atoms with Crippen LogP contribution in [0.5, 0.6) is 5.75 Å². The Morgan fingerprint density at radius 1 is 1.07 bits per heavy atom. The lowest BCUT2D eigenvalue weighted by molar-refractivity contribution is -0.121. The minimum absolute atomic E-state index is 0.0732. The number of hydrogen-bond acceptors (Lipinski definition) is 4. The number of anilines is 1. The van der Waals surface area contributed by atoms with Crippen molar-refractivity contribution in [2.45, 2.75) is 45.7 Å². The van der Waals surface area contributed by atoms with Gasteiger partial charge < -0.3 is 10.1 Å². The summed E-state index contributed by atoms with van der Waals surface area (Å²) in [6, 6.07) is 12.7. The van der Waals surface area contributed by atoms with E-state index in [1.165, 1.54) is 0 Å². The summed E-state index contributed by atoms with van der Waals surface area (Å²) in [6.07, 6.45) is 2.26.